The van der Waals surface area contributed by atoms with Gasteiger partial charge in [-0.1, -0.05) is 51.1 Å². The summed E-state index contributed by atoms with van der Waals surface area (Å²) < 4.78 is 296. The van der Waals surface area contributed by atoms with Gasteiger partial charge in [-0.25, -0.2) is 92.4 Å². The predicted octanol–water partition coefficient (Wildman–Crippen LogP) is 9.10. The molecule has 338 valence electrons. The number of rotatable bonds is 7. The van der Waals surface area contributed by atoms with Crippen LogP contribution >= 0.6 is 0 Å². The number of aromatic nitrogens is 1. The van der Waals surface area contributed by atoms with E-state index >= 15 is 35.1 Å². The molecule has 0 saturated carbocycles. The molecule has 0 fully saturated rings. The zero-order chi connectivity index (χ0) is 48.2. The maximum absolute atomic E-state index is 15.4. The third-order valence-electron chi connectivity index (χ3n) is 9.75. The van der Waals surface area contributed by atoms with E-state index in [4.69, 9.17) is 0 Å². The lowest BCUT2D eigenvalue weighted by atomic mass is 9.12. The maximum Gasteiger partial charge on any atom is 0.200 e. The lowest BCUT2D eigenvalue weighted by Gasteiger charge is -2.44. The van der Waals surface area contributed by atoms with E-state index in [9.17, 15) is 57.5 Å². The van der Waals surface area contributed by atoms with Crippen molar-refractivity contribution in [2.45, 2.75) is 27.3 Å². The smallest absolute Gasteiger partial charge is 0.200 e. The van der Waals surface area contributed by atoms with E-state index in [0.717, 1.165) is 12.1 Å². The minimum absolute atomic E-state index is 0.180. The second-order valence-corrected chi connectivity index (χ2v) is 14.6. The van der Waals surface area contributed by atoms with Crippen LogP contribution < -0.4 is 26.4 Å². The summed E-state index contributed by atoms with van der Waals surface area (Å²) in [6, 6.07) is 14.1. The molecule has 0 unspecified atom stereocenters. The summed E-state index contributed by atoms with van der Waals surface area (Å²) in [4.78, 5) is 12.1. The third kappa shape index (κ3) is 7.81. The zero-order valence-electron chi connectivity index (χ0n) is 31.9. The highest BCUT2D eigenvalue weighted by molar-refractivity contribution is 7.20. The molecule has 0 bridgehead atoms. The van der Waals surface area contributed by atoms with Crippen molar-refractivity contribution in [3.63, 3.8) is 0 Å². The fourth-order valence-corrected chi connectivity index (χ4v) is 6.82. The molecule has 0 atom stereocenters. The zero-order valence-corrected chi connectivity index (χ0v) is 31.9. The summed E-state index contributed by atoms with van der Waals surface area (Å²) in [5.74, 6) is -71.2. The maximum atomic E-state index is 15.4. The second kappa shape index (κ2) is 17.6. The fourth-order valence-electron chi connectivity index (χ4n) is 6.82. The first-order valence-corrected chi connectivity index (χ1v) is 17.5. The van der Waals surface area contributed by atoms with Gasteiger partial charge in [0.25, 0.3) is 0 Å². The van der Waals surface area contributed by atoms with Gasteiger partial charge in [0.15, 0.2) is 94.5 Å². The highest BCUT2D eigenvalue weighted by atomic mass is 19.2. The Hall–Kier alpha value is -6.42. The van der Waals surface area contributed by atoms with Crippen molar-refractivity contribution in [1.82, 2.24) is 0 Å². The van der Waals surface area contributed by atoms with Crippen LogP contribution in [0.1, 0.15) is 36.7 Å². The van der Waals surface area contributed by atoms with Gasteiger partial charge in [-0.05, 0) is 0 Å². The minimum Gasteiger partial charge on any atom is -0.294 e. The Bertz CT molecular complexity index is 2470. The van der Waals surface area contributed by atoms with Gasteiger partial charge in [-0.3, -0.25) is 4.79 Å². The lowest BCUT2D eigenvalue weighted by molar-refractivity contribution is -0.688. The molecule has 5 aromatic carbocycles. The number of pyridine rings is 1. The lowest BCUT2D eigenvalue weighted by Crippen LogP contribution is -2.81. The van der Waals surface area contributed by atoms with E-state index in [-0.39, 0.29) is 11.2 Å². The van der Waals surface area contributed by atoms with Crippen molar-refractivity contribution in [3.05, 3.63) is 182 Å². The number of ketones is 1. The molecule has 0 spiro atoms. The summed E-state index contributed by atoms with van der Waals surface area (Å²) in [5.41, 5.74) is -12.6. The predicted molar refractivity (Wildman–Crippen MR) is 185 cm³/mol. The van der Waals surface area contributed by atoms with E-state index < -0.39 is 144 Å². The normalized spacial score (nSPS) is 11.8. The standard InChI is InChI=1S/C24BF20.C17H20NO/c26-5-1(6(27)14(35)21(42)13(5)34)25(2-7(28)15(36)22(43)16(37)8(2)29,3-9(30)17(38)23(44)18(39)10(3)31)4-11(32)19(40)24(45)20(41)12(4)33;1-17(2,3)16(19)15-9-11-18(12-10-15)13-14-7-5-4-6-8-14/h;4-12H,13H2,1-3H3/q-1;+1. The number of halogens is 20. The fraction of sp³-hybridized carbons (Fsp3) is 0.122. The highest BCUT2D eigenvalue weighted by Crippen LogP contribution is 2.31. The number of nitrogens with zero attached hydrogens (tertiary/aromatic N) is 1. The third-order valence-corrected chi connectivity index (χ3v) is 9.75. The van der Waals surface area contributed by atoms with Crippen LogP contribution in [-0.2, 0) is 6.54 Å². The molecule has 64 heavy (non-hydrogen) atoms. The van der Waals surface area contributed by atoms with Gasteiger partial charge < -0.3 is 0 Å². The quantitative estimate of drug-likeness (QED) is 0.0391. The Morgan fingerprint density at radius 2 is 0.625 bits per heavy atom. The average molecular weight is 933 g/mol. The molecule has 0 radical (unpaired) electrons. The molecule has 23 heteroatoms. The van der Waals surface area contributed by atoms with Gasteiger partial charge in [0, 0.05) is 28.7 Å². The number of benzene rings is 5. The summed E-state index contributed by atoms with van der Waals surface area (Å²) in [5, 5.41) is 0. The molecule has 0 saturated heterocycles. The van der Waals surface area contributed by atoms with Crippen LogP contribution in [-0.4, -0.2) is 11.9 Å². The van der Waals surface area contributed by atoms with Crippen LogP contribution in [0.25, 0.3) is 0 Å². The van der Waals surface area contributed by atoms with Gasteiger partial charge in [-0.15, -0.1) is 21.9 Å². The van der Waals surface area contributed by atoms with E-state index in [0.29, 0.717) is 0 Å². The molecule has 1 heterocycles. The Labute approximate surface area is 345 Å². The second-order valence-electron chi connectivity index (χ2n) is 14.6. The minimum atomic E-state index is -7.22. The summed E-state index contributed by atoms with van der Waals surface area (Å²) >= 11 is 0. The number of Topliss-reactive ketones (excluding diaryl/α,β-unsaturated/α-hetero) is 1. The molecule has 0 aliphatic rings. The molecule has 2 nitrogen and oxygen atoms in total. The van der Waals surface area contributed by atoms with Crippen molar-refractivity contribution in [2.24, 2.45) is 5.41 Å². The molecule has 0 aliphatic carbocycles. The summed E-state index contributed by atoms with van der Waals surface area (Å²) in [7, 11) is 0. The molecular formula is C41H20BF20NO. The van der Waals surface area contributed by atoms with Crippen molar-refractivity contribution < 1.29 is 97.2 Å². The first-order valence-electron chi connectivity index (χ1n) is 17.5. The number of hydrogen-bond acceptors (Lipinski definition) is 1. The van der Waals surface area contributed by atoms with E-state index in [2.05, 4.69) is 16.7 Å². The monoisotopic (exact) mass is 933 g/mol. The first-order chi connectivity index (χ1) is 29.7. The Kier molecular flexibility index (Phi) is 13.4. The summed E-state index contributed by atoms with van der Waals surface area (Å²) in [6.45, 7) is 6.66. The Morgan fingerprint density at radius 3 is 0.859 bits per heavy atom. The van der Waals surface area contributed by atoms with E-state index in [1.807, 2.05) is 63.5 Å². The van der Waals surface area contributed by atoms with Crippen LogP contribution in [0.15, 0.2) is 54.9 Å². The first kappa shape index (κ1) is 48.6. The largest absolute Gasteiger partial charge is 0.294 e. The molecular weight excluding hydrogens is 913 g/mol. The van der Waals surface area contributed by atoms with Gasteiger partial charge >= 0.3 is 0 Å². The van der Waals surface area contributed by atoms with Gasteiger partial charge in [0.2, 0.25) is 0 Å². The van der Waals surface area contributed by atoms with Crippen molar-refractivity contribution >= 4 is 33.8 Å². The van der Waals surface area contributed by atoms with Crippen molar-refractivity contribution in [3.8, 4) is 0 Å². The molecule has 0 N–H and O–H groups in total. The van der Waals surface area contributed by atoms with Crippen LogP contribution in [0, 0.1) is 122 Å². The number of carbonyl (C=O) groups is 1. The number of carbonyl (C=O) groups excluding carboxylic acids is 1. The van der Waals surface area contributed by atoms with Crippen molar-refractivity contribution in [1.29, 1.82) is 0 Å². The van der Waals surface area contributed by atoms with Crippen LogP contribution in [0.2, 0.25) is 0 Å². The molecule has 1 aromatic heterocycles. The van der Waals surface area contributed by atoms with Crippen LogP contribution in [0.5, 0.6) is 0 Å². The molecule has 6 rings (SSSR count). The highest BCUT2D eigenvalue weighted by Gasteiger charge is 2.52. The Morgan fingerprint density at radius 1 is 0.391 bits per heavy atom. The van der Waals surface area contributed by atoms with Crippen LogP contribution in [0.4, 0.5) is 87.8 Å². The van der Waals surface area contributed by atoms with Gasteiger partial charge in [0.05, 0.1) is 0 Å². The van der Waals surface area contributed by atoms with E-state index in [1.165, 1.54) is 5.56 Å². The van der Waals surface area contributed by atoms with E-state index in [1.54, 1.807) is 0 Å². The Balaban J connectivity index is 0.000000337. The average Bonchev–Trinajstić information content (AvgIpc) is 3.26. The number of hydrogen-bond donors (Lipinski definition) is 0. The molecule has 0 aliphatic heterocycles. The molecule has 6 aromatic rings. The SMILES string of the molecule is CC(C)(C)C(=O)c1cc[n+](Cc2ccccc2)cc1.Fc1c(F)c(F)c([B-](c2c(F)c(F)c(F)c(F)c2F)(c2c(F)c(F)c(F)c(F)c2F)c2c(F)c(F)c(F)c(F)c2F)c(F)c1F. The van der Waals surface area contributed by atoms with Gasteiger partial charge in [0.1, 0.15) is 52.7 Å². The van der Waals surface area contributed by atoms with Gasteiger partial charge in [-0.2, -0.15) is 0 Å². The topological polar surface area (TPSA) is 20.9 Å². The summed E-state index contributed by atoms with van der Waals surface area (Å²) in [6.07, 6.45) is -3.29. The molecule has 0 amide bonds. The van der Waals surface area contributed by atoms with Crippen molar-refractivity contribution in [2.75, 3.05) is 0 Å². The van der Waals surface area contributed by atoms with Crippen LogP contribution in [0.3, 0.4) is 0 Å².